The SMILES string of the molecule is O=C(Cc1cccc(N(Cc2ccc(F)cc2)C(=O)c2cccc(F)c2)c1)NCCc1ccccn1. The van der Waals surface area contributed by atoms with Crippen LogP contribution in [0.4, 0.5) is 14.5 Å². The molecule has 0 unspecified atom stereocenters. The molecule has 0 aliphatic heterocycles. The van der Waals surface area contributed by atoms with Crippen LogP contribution in [0.3, 0.4) is 0 Å². The number of pyridine rings is 1. The summed E-state index contributed by atoms with van der Waals surface area (Å²) < 4.78 is 27.2. The number of anilines is 1. The van der Waals surface area contributed by atoms with Crippen molar-refractivity contribution in [2.75, 3.05) is 11.4 Å². The standard InChI is InChI=1S/C29H25F2N3O2/c30-24-12-10-21(11-13-24)20-34(29(36)23-6-4-7-25(31)19-23)27-9-3-5-22(17-27)18-28(35)33-16-14-26-8-1-2-15-32-26/h1-13,15,17,19H,14,16,18,20H2,(H,33,35). The highest BCUT2D eigenvalue weighted by Gasteiger charge is 2.19. The van der Waals surface area contributed by atoms with Gasteiger partial charge in [-0.1, -0.05) is 36.4 Å². The summed E-state index contributed by atoms with van der Waals surface area (Å²) in [4.78, 5) is 31.6. The summed E-state index contributed by atoms with van der Waals surface area (Å²) >= 11 is 0. The number of rotatable bonds is 9. The van der Waals surface area contributed by atoms with Crippen LogP contribution in [-0.4, -0.2) is 23.3 Å². The van der Waals surface area contributed by atoms with Crippen LogP contribution in [0.1, 0.15) is 27.2 Å². The number of carbonyl (C=O) groups is 2. The third kappa shape index (κ3) is 6.82. The number of nitrogens with zero attached hydrogens (tertiary/aromatic N) is 2. The van der Waals surface area contributed by atoms with E-state index in [1.807, 2.05) is 24.3 Å². The molecule has 3 aromatic carbocycles. The number of benzene rings is 3. The van der Waals surface area contributed by atoms with E-state index in [4.69, 9.17) is 0 Å². The Hall–Kier alpha value is -4.39. The minimum Gasteiger partial charge on any atom is -0.355 e. The third-order valence-corrected chi connectivity index (χ3v) is 5.59. The zero-order chi connectivity index (χ0) is 25.3. The van der Waals surface area contributed by atoms with Crippen molar-refractivity contribution in [1.29, 1.82) is 0 Å². The lowest BCUT2D eigenvalue weighted by Crippen LogP contribution is -2.31. The van der Waals surface area contributed by atoms with Gasteiger partial charge in [-0.15, -0.1) is 0 Å². The van der Waals surface area contributed by atoms with E-state index in [1.54, 1.807) is 42.6 Å². The van der Waals surface area contributed by atoms with Gasteiger partial charge in [-0.2, -0.15) is 0 Å². The number of hydrogen-bond acceptors (Lipinski definition) is 3. The molecule has 36 heavy (non-hydrogen) atoms. The molecule has 4 rings (SSSR count). The topological polar surface area (TPSA) is 62.3 Å². The molecule has 0 saturated heterocycles. The molecule has 0 saturated carbocycles. The molecule has 0 bridgehead atoms. The van der Waals surface area contributed by atoms with Crippen LogP contribution in [0.15, 0.2) is 97.2 Å². The van der Waals surface area contributed by atoms with Gasteiger partial charge in [-0.25, -0.2) is 8.78 Å². The van der Waals surface area contributed by atoms with Crippen LogP contribution >= 0.6 is 0 Å². The highest BCUT2D eigenvalue weighted by molar-refractivity contribution is 6.06. The molecular weight excluding hydrogens is 460 g/mol. The lowest BCUT2D eigenvalue weighted by molar-refractivity contribution is -0.120. The van der Waals surface area contributed by atoms with Crippen LogP contribution in [-0.2, 0) is 24.2 Å². The number of hydrogen-bond donors (Lipinski definition) is 1. The lowest BCUT2D eigenvalue weighted by Gasteiger charge is -2.24. The Morgan fingerprint density at radius 2 is 1.61 bits per heavy atom. The maximum Gasteiger partial charge on any atom is 0.258 e. The fraction of sp³-hybridized carbons (Fsp3) is 0.138. The zero-order valence-corrected chi connectivity index (χ0v) is 19.5. The quantitative estimate of drug-likeness (QED) is 0.359. The number of carbonyl (C=O) groups excluding carboxylic acids is 2. The molecule has 182 valence electrons. The van der Waals surface area contributed by atoms with Crippen molar-refractivity contribution in [3.8, 4) is 0 Å². The van der Waals surface area contributed by atoms with E-state index in [2.05, 4.69) is 10.3 Å². The van der Waals surface area contributed by atoms with E-state index in [9.17, 15) is 18.4 Å². The van der Waals surface area contributed by atoms with Gasteiger partial charge >= 0.3 is 0 Å². The summed E-state index contributed by atoms with van der Waals surface area (Å²) in [5, 5.41) is 2.89. The second kappa shape index (κ2) is 11.8. The van der Waals surface area contributed by atoms with Gasteiger partial charge in [-0.3, -0.25) is 14.6 Å². The largest absolute Gasteiger partial charge is 0.355 e. The van der Waals surface area contributed by atoms with Crippen molar-refractivity contribution in [3.63, 3.8) is 0 Å². The van der Waals surface area contributed by atoms with E-state index in [0.29, 0.717) is 24.2 Å². The maximum atomic E-state index is 13.8. The van der Waals surface area contributed by atoms with Crippen molar-refractivity contribution in [2.45, 2.75) is 19.4 Å². The van der Waals surface area contributed by atoms with Gasteiger partial charge in [0.15, 0.2) is 0 Å². The number of aromatic nitrogens is 1. The number of nitrogens with one attached hydrogen (secondary N) is 1. The van der Waals surface area contributed by atoms with E-state index < -0.39 is 11.7 Å². The van der Waals surface area contributed by atoms with Gasteiger partial charge in [0, 0.05) is 36.1 Å². The molecule has 0 fully saturated rings. The minimum atomic E-state index is -0.515. The molecule has 1 heterocycles. The summed E-state index contributed by atoms with van der Waals surface area (Å²) in [6.07, 6.45) is 2.47. The average Bonchev–Trinajstić information content (AvgIpc) is 2.89. The van der Waals surface area contributed by atoms with Gasteiger partial charge in [0.05, 0.1) is 13.0 Å². The van der Waals surface area contributed by atoms with Crippen molar-refractivity contribution >= 4 is 17.5 Å². The Balaban J connectivity index is 1.50. The smallest absolute Gasteiger partial charge is 0.258 e. The predicted molar refractivity (Wildman–Crippen MR) is 134 cm³/mol. The van der Waals surface area contributed by atoms with Crippen LogP contribution < -0.4 is 10.2 Å². The molecule has 0 atom stereocenters. The first kappa shape index (κ1) is 24.7. The Morgan fingerprint density at radius 1 is 0.806 bits per heavy atom. The van der Waals surface area contributed by atoms with Gasteiger partial charge < -0.3 is 10.2 Å². The minimum absolute atomic E-state index is 0.134. The molecule has 4 aromatic rings. The van der Waals surface area contributed by atoms with Gasteiger partial charge in [0.25, 0.3) is 5.91 Å². The van der Waals surface area contributed by atoms with Crippen LogP contribution in [0.2, 0.25) is 0 Å². The first-order valence-electron chi connectivity index (χ1n) is 11.6. The third-order valence-electron chi connectivity index (χ3n) is 5.59. The molecule has 5 nitrogen and oxygen atoms in total. The molecule has 1 aromatic heterocycles. The molecule has 0 spiro atoms. The first-order chi connectivity index (χ1) is 17.5. The first-order valence-corrected chi connectivity index (χ1v) is 11.6. The van der Waals surface area contributed by atoms with Crippen molar-refractivity contribution in [2.24, 2.45) is 0 Å². The normalized spacial score (nSPS) is 10.6. The van der Waals surface area contributed by atoms with Crippen LogP contribution in [0.5, 0.6) is 0 Å². The molecule has 7 heteroatoms. The molecular formula is C29H25F2N3O2. The molecule has 0 aliphatic carbocycles. The summed E-state index contributed by atoms with van der Waals surface area (Å²) in [6.45, 7) is 0.611. The van der Waals surface area contributed by atoms with Crippen LogP contribution in [0.25, 0.3) is 0 Å². The molecule has 0 radical (unpaired) electrons. The van der Waals surface area contributed by atoms with Crippen LogP contribution in [0, 0.1) is 11.6 Å². The highest BCUT2D eigenvalue weighted by atomic mass is 19.1. The summed E-state index contributed by atoms with van der Waals surface area (Å²) in [5.41, 5.74) is 3.06. The Labute approximate surface area is 208 Å². The van der Waals surface area contributed by atoms with E-state index in [1.165, 1.54) is 35.2 Å². The molecule has 1 N–H and O–H groups in total. The Bertz CT molecular complexity index is 1330. The Morgan fingerprint density at radius 3 is 2.36 bits per heavy atom. The summed E-state index contributed by atoms with van der Waals surface area (Å²) in [5.74, 6) is -1.45. The monoisotopic (exact) mass is 485 g/mol. The second-order valence-corrected chi connectivity index (χ2v) is 8.30. The number of amides is 2. The van der Waals surface area contributed by atoms with Gasteiger partial charge in [-0.05, 0) is 65.7 Å². The maximum absolute atomic E-state index is 13.8. The van der Waals surface area contributed by atoms with Crippen molar-refractivity contribution in [3.05, 3.63) is 131 Å². The molecule has 0 aliphatic rings. The van der Waals surface area contributed by atoms with E-state index in [-0.39, 0.29) is 30.3 Å². The highest BCUT2D eigenvalue weighted by Crippen LogP contribution is 2.23. The fourth-order valence-corrected chi connectivity index (χ4v) is 3.79. The average molecular weight is 486 g/mol. The summed E-state index contributed by atoms with van der Waals surface area (Å²) in [7, 11) is 0. The fourth-order valence-electron chi connectivity index (χ4n) is 3.79. The summed E-state index contributed by atoms with van der Waals surface area (Å²) in [6, 6.07) is 24.1. The van der Waals surface area contributed by atoms with Gasteiger partial charge in [0.2, 0.25) is 5.91 Å². The number of halogens is 2. The van der Waals surface area contributed by atoms with E-state index in [0.717, 1.165) is 11.3 Å². The van der Waals surface area contributed by atoms with Gasteiger partial charge in [0.1, 0.15) is 11.6 Å². The van der Waals surface area contributed by atoms with Crippen molar-refractivity contribution in [1.82, 2.24) is 10.3 Å². The predicted octanol–water partition coefficient (Wildman–Crippen LogP) is 5.11. The molecule has 2 amide bonds. The zero-order valence-electron chi connectivity index (χ0n) is 19.5. The van der Waals surface area contributed by atoms with E-state index >= 15 is 0 Å². The lowest BCUT2D eigenvalue weighted by atomic mass is 10.1. The Kier molecular flexibility index (Phi) is 8.13. The van der Waals surface area contributed by atoms with Crippen molar-refractivity contribution < 1.29 is 18.4 Å². The second-order valence-electron chi connectivity index (χ2n) is 8.30.